The molecule has 0 aliphatic carbocycles. The van der Waals surface area contributed by atoms with Gasteiger partial charge in [-0.3, -0.25) is 0 Å². The normalized spacial score (nSPS) is 17.3. The monoisotopic (exact) mass is 393 g/mol. The minimum atomic E-state index is -4.65. The molecule has 0 bridgehead atoms. The Morgan fingerprint density at radius 2 is 2.11 bits per heavy atom. The number of aromatic nitrogens is 6. The highest BCUT2D eigenvalue weighted by Crippen LogP contribution is 2.30. The Labute approximate surface area is 157 Å². The van der Waals surface area contributed by atoms with Crippen molar-refractivity contribution < 1.29 is 13.2 Å². The van der Waals surface area contributed by atoms with E-state index in [0.29, 0.717) is 17.9 Å². The molecule has 3 N–H and O–H groups in total. The zero-order chi connectivity index (χ0) is 19.7. The molecule has 1 atom stereocenters. The molecule has 1 saturated heterocycles. The van der Waals surface area contributed by atoms with Gasteiger partial charge in [0, 0.05) is 32.2 Å². The fraction of sp³-hybridized carbons (Fsp3) is 0.438. The van der Waals surface area contributed by atoms with Crippen LogP contribution >= 0.6 is 0 Å². The smallest absolute Gasteiger partial charge is 0.373 e. The standard InChI is InChI=1S/C16H18F3N9/c1-20-10-5-11(23-7-22-10)28-4-2-3-9(28)6-21-13-12-14(25-8-24-12)27-15(26-13)16(17,18)19/h5,7-9H,2-4,6H2,1H3,(H,20,22,23)(H2,21,24,25,26,27). The van der Waals surface area contributed by atoms with Gasteiger partial charge < -0.3 is 20.5 Å². The first kappa shape index (κ1) is 18.2. The van der Waals surface area contributed by atoms with Crippen molar-refractivity contribution in [2.45, 2.75) is 25.1 Å². The first-order chi connectivity index (χ1) is 13.5. The third-order valence-corrected chi connectivity index (χ3v) is 4.62. The second-order valence-corrected chi connectivity index (χ2v) is 6.38. The Bertz CT molecular complexity index is 971. The summed E-state index contributed by atoms with van der Waals surface area (Å²) in [5.74, 6) is 0.343. The van der Waals surface area contributed by atoms with Gasteiger partial charge in [0.25, 0.3) is 0 Å². The quantitative estimate of drug-likeness (QED) is 0.606. The van der Waals surface area contributed by atoms with Crippen molar-refractivity contribution in [1.29, 1.82) is 0 Å². The summed E-state index contributed by atoms with van der Waals surface area (Å²) in [7, 11) is 1.78. The molecule has 0 radical (unpaired) electrons. The van der Waals surface area contributed by atoms with Crippen LogP contribution in [0.15, 0.2) is 18.7 Å². The van der Waals surface area contributed by atoms with Gasteiger partial charge in [-0.15, -0.1) is 0 Å². The number of anilines is 3. The van der Waals surface area contributed by atoms with Gasteiger partial charge >= 0.3 is 6.18 Å². The molecule has 1 aliphatic rings. The number of nitrogens with one attached hydrogen (secondary N) is 3. The van der Waals surface area contributed by atoms with Crippen LogP contribution in [0, 0.1) is 0 Å². The molecule has 28 heavy (non-hydrogen) atoms. The Kier molecular flexibility index (Phi) is 4.61. The van der Waals surface area contributed by atoms with Crippen molar-refractivity contribution in [3.05, 3.63) is 24.5 Å². The van der Waals surface area contributed by atoms with Gasteiger partial charge in [-0.2, -0.15) is 13.2 Å². The van der Waals surface area contributed by atoms with Crippen LogP contribution in [0.3, 0.4) is 0 Å². The molecule has 148 valence electrons. The van der Waals surface area contributed by atoms with E-state index in [1.54, 1.807) is 7.05 Å². The molecule has 12 heteroatoms. The maximum absolute atomic E-state index is 13.1. The number of H-pyrrole nitrogens is 1. The van der Waals surface area contributed by atoms with Crippen LogP contribution < -0.4 is 15.5 Å². The molecular formula is C16H18F3N9. The van der Waals surface area contributed by atoms with Gasteiger partial charge in [-0.05, 0) is 12.8 Å². The average Bonchev–Trinajstić information content (AvgIpc) is 3.34. The van der Waals surface area contributed by atoms with E-state index in [1.807, 2.05) is 6.07 Å². The van der Waals surface area contributed by atoms with Crippen LogP contribution in [0.5, 0.6) is 0 Å². The summed E-state index contributed by atoms with van der Waals surface area (Å²) in [6, 6.07) is 1.90. The Morgan fingerprint density at radius 3 is 2.89 bits per heavy atom. The number of imidazole rings is 1. The van der Waals surface area contributed by atoms with Crippen LogP contribution in [-0.4, -0.2) is 56.1 Å². The summed E-state index contributed by atoms with van der Waals surface area (Å²) < 4.78 is 39.2. The SMILES string of the molecule is CNc1cc(N2CCCC2CNc2nc(C(F)(F)F)nc3nc[nH]c23)ncn1. The Morgan fingerprint density at radius 1 is 1.25 bits per heavy atom. The fourth-order valence-electron chi connectivity index (χ4n) is 3.29. The molecule has 9 nitrogen and oxygen atoms in total. The highest BCUT2D eigenvalue weighted by molar-refractivity contribution is 5.82. The van der Waals surface area contributed by atoms with Crippen LogP contribution in [0.1, 0.15) is 18.7 Å². The van der Waals surface area contributed by atoms with E-state index in [4.69, 9.17) is 0 Å². The van der Waals surface area contributed by atoms with Crippen molar-refractivity contribution in [3.8, 4) is 0 Å². The molecule has 0 saturated carbocycles. The summed E-state index contributed by atoms with van der Waals surface area (Å²) in [5, 5.41) is 6.01. The average molecular weight is 393 g/mol. The number of nitrogens with zero attached hydrogens (tertiary/aromatic N) is 6. The van der Waals surface area contributed by atoms with E-state index in [2.05, 4.69) is 45.4 Å². The zero-order valence-corrected chi connectivity index (χ0v) is 15.0. The highest BCUT2D eigenvalue weighted by atomic mass is 19.4. The molecule has 3 aromatic heterocycles. The van der Waals surface area contributed by atoms with Crippen molar-refractivity contribution in [2.24, 2.45) is 0 Å². The minimum Gasteiger partial charge on any atom is -0.373 e. The van der Waals surface area contributed by atoms with Gasteiger partial charge in [0.2, 0.25) is 5.82 Å². The third kappa shape index (κ3) is 3.49. The maximum Gasteiger partial charge on any atom is 0.451 e. The largest absolute Gasteiger partial charge is 0.451 e. The van der Waals surface area contributed by atoms with E-state index < -0.39 is 12.0 Å². The van der Waals surface area contributed by atoms with E-state index in [0.717, 1.165) is 25.2 Å². The summed E-state index contributed by atoms with van der Waals surface area (Å²) in [5.41, 5.74) is 0.319. The summed E-state index contributed by atoms with van der Waals surface area (Å²) in [6.45, 7) is 1.21. The van der Waals surface area contributed by atoms with Gasteiger partial charge in [-0.1, -0.05) is 0 Å². The second kappa shape index (κ2) is 7.09. The van der Waals surface area contributed by atoms with Crippen molar-refractivity contribution in [1.82, 2.24) is 29.9 Å². The number of rotatable bonds is 5. The minimum absolute atomic E-state index is 0.0254. The molecule has 0 amide bonds. The van der Waals surface area contributed by atoms with E-state index in [1.165, 1.54) is 12.7 Å². The molecule has 0 spiro atoms. The van der Waals surface area contributed by atoms with Gasteiger partial charge in [-0.25, -0.2) is 24.9 Å². The molecule has 4 heterocycles. The molecule has 1 unspecified atom stereocenters. The highest BCUT2D eigenvalue weighted by Gasteiger charge is 2.36. The lowest BCUT2D eigenvalue weighted by atomic mass is 10.2. The molecule has 4 rings (SSSR count). The van der Waals surface area contributed by atoms with Crippen molar-refractivity contribution in [3.63, 3.8) is 0 Å². The molecule has 3 aromatic rings. The lowest BCUT2D eigenvalue weighted by Gasteiger charge is -2.26. The van der Waals surface area contributed by atoms with E-state index in [-0.39, 0.29) is 17.5 Å². The predicted octanol–water partition coefficient (Wildman–Crippen LogP) is 2.28. The van der Waals surface area contributed by atoms with Crippen LogP contribution in [-0.2, 0) is 6.18 Å². The number of alkyl halides is 3. The zero-order valence-electron chi connectivity index (χ0n) is 15.0. The second-order valence-electron chi connectivity index (χ2n) is 6.38. The number of halogens is 3. The molecule has 1 aliphatic heterocycles. The van der Waals surface area contributed by atoms with Crippen molar-refractivity contribution >= 4 is 28.6 Å². The van der Waals surface area contributed by atoms with Crippen LogP contribution in [0.2, 0.25) is 0 Å². The first-order valence-corrected chi connectivity index (χ1v) is 8.74. The predicted molar refractivity (Wildman–Crippen MR) is 97.1 cm³/mol. The first-order valence-electron chi connectivity index (χ1n) is 8.74. The summed E-state index contributed by atoms with van der Waals surface area (Å²) in [4.78, 5) is 24.3. The number of aromatic amines is 1. The van der Waals surface area contributed by atoms with Crippen molar-refractivity contribution in [2.75, 3.05) is 35.7 Å². The number of hydrogen-bond acceptors (Lipinski definition) is 8. The topological polar surface area (TPSA) is 108 Å². The Hall–Kier alpha value is -3.18. The molecule has 0 aromatic carbocycles. The molecular weight excluding hydrogens is 375 g/mol. The van der Waals surface area contributed by atoms with Gasteiger partial charge in [0.15, 0.2) is 11.5 Å². The lowest BCUT2D eigenvalue weighted by molar-refractivity contribution is -0.144. The van der Waals surface area contributed by atoms with Crippen LogP contribution in [0.25, 0.3) is 11.2 Å². The van der Waals surface area contributed by atoms with Crippen LogP contribution in [0.4, 0.5) is 30.6 Å². The fourth-order valence-corrected chi connectivity index (χ4v) is 3.29. The van der Waals surface area contributed by atoms with Gasteiger partial charge in [0.1, 0.15) is 23.5 Å². The Balaban J connectivity index is 1.56. The number of fused-ring (bicyclic) bond motifs is 1. The number of hydrogen-bond donors (Lipinski definition) is 3. The maximum atomic E-state index is 13.1. The molecule has 1 fully saturated rings. The summed E-state index contributed by atoms with van der Waals surface area (Å²) >= 11 is 0. The van der Waals surface area contributed by atoms with Gasteiger partial charge in [0.05, 0.1) is 6.33 Å². The lowest BCUT2D eigenvalue weighted by Crippen LogP contribution is -2.35. The third-order valence-electron chi connectivity index (χ3n) is 4.62. The van der Waals surface area contributed by atoms with E-state index in [9.17, 15) is 13.2 Å². The summed E-state index contributed by atoms with van der Waals surface area (Å²) in [6.07, 6.45) is -0.0180. The van der Waals surface area contributed by atoms with E-state index >= 15 is 0 Å².